The van der Waals surface area contributed by atoms with E-state index < -0.39 is 10.0 Å². The Labute approximate surface area is 166 Å². The van der Waals surface area contributed by atoms with E-state index in [1.165, 1.54) is 29.8 Å². The predicted octanol–water partition coefficient (Wildman–Crippen LogP) is 3.10. The van der Waals surface area contributed by atoms with Crippen LogP contribution in [-0.4, -0.2) is 46.1 Å². The Morgan fingerprint density at radius 1 is 1.07 bits per heavy atom. The molecule has 0 saturated carbocycles. The highest BCUT2D eigenvalue weighted by molar-refractivity contribution is 7.88. The molecule has 1 heterocycles. The highest BCUT2D eigenvalue weighted by Crippen LogP contribution is 2.22. The zero-order chi connectivity index (χ0) is 19.8. The Morgan fingerprint density at radius 2 is 1.82 bits per heavy atom. The number of rotatable bonds is 9. The third-order valence-electron chi connectivity index (χ3n) is 4.81. The summed E-state index contributed by atoms with van der Waals surface area (Å²) in [6.07, 6.45) is 1.79. The summed E-state index contributed by atoms with van der Waals surface area (Å²) >= 11 is 0. The molecular formula is C21H27FN2O3S. The molecule has 3 rings (SSSR count). The third kappa shape index (κ3) is 6.67. The molecule has 1 atom stereocenters. The second-order valence-electron chi connectivity index (χ2n) is 7.06. The number of hydrogen-bond acceptors (Lipinski definition) is 4. The number of benzene rings is 2. The molecule has 2 aromatic carbocycles. The van der Waals surface area contributed by atoms with Crippen LogP contribution in [0, 0.1) is 5.82 Å². The van der Waals surface area contributed by atoms with E-state index in [-0.39, 0.29) is 17.7 Å². The summed E-state index contributed by atoms with van der Waals surface area (Å²) in [6.45, 7) is 3.81. The van der Waals surface area contributed by atoms with Gasteiger partial charge in [-0.1, -0.05) is 42.5 Å². The van der Waals surface area contributed by atoms with Crippen LogP contribution in [0.15, 0.2) is 54.6 Å². The van der Waals surface area contributed by atoms with Crippen molar-refractivity contribution >= 4 is 10.0 Å². The number of halogens is 1. The Bertz CT molecular complexity index is 828. The van der Waals surface area contributed by atoms with Crippen molar-refractivity contribution in [1.82, 2.24) is 9.62 Å². The SMILES string of the molecule is O=S(=O)(Cc1ccc(F)cc1)NCCCCN1CCOC(c2ccccc2)C1. The Kier molecular flexibility index (Phi) is 7.56. The van der Waals surface area contributed by atoms with Crippen LogP contribution in [0.4, 0.5) is 4.39 Å². The van der Waals surface area contributed by atoms with Crippen LogP contribution >= 0.6 is 0 Å². The van der Waals surface area contributed by atoms with Gasteiger partial charge in [-0.3, -0.25) is 4.90 Å². The topological polar surface area (TPSA) is 58.6 Å². The maximum atomic E-state index is 12.9. The lowest BCUT2D eigenvalue weighted by atomic mass is 10.1. The van der Waals surface area contributed by atoms with Gasteiger partial charge in [0, 0.05) is 19.6 Å². The molecule has 5 nitrogen and oxygen atoms in total. The molecular weight excluding hydrogens is 379 g/mol. The Hall–Kier alpha value is -1.80. The van der Waals surface area contributed by atoms with E-state index in [1.54, 1.807) is 0 Å². The van der Waals surface area contributed by atoms with E-state index in [4.69, 9.17) is 4.74 Å². The maximum absolute atomic E-state index is 12.9. The first-order chi connectivity index (χ1) is 13.5. The molecule has 1 unspecified atom stereocenters. The molecule has 7 heteroatoms. The van der Waals surface area contributed by atoms with Gasteiger partial charge in [-0.25, -0.2) is 17.5 Å². The van der Waals surface area contributed by atoms with Crippen molar-refractivity contribution in [2.45, 2.75) is 24.7 Å². The number of ether oxygens (including phenoxy) is 1. The number of nitrogens with zero attached hydrogens (tertiary/aromatic N) is 1. The number of unbranched alkanes of at least 4 members (excludes halogenated alkanes) is 1. The molecule has 0 bridgehead atoms. The molecule has 1 N–H and O–H groups in total. The summed E-state index contributed by atoms with van der Waals surface area (Å²) in [7, 11) is -3.40. The largest absolute Gasteiger partial charge is 0.371 e. The number of nitrogens with one attached hydrogen (secondary N) is 1. The first-order valence-corrected chi connectivity index (χ1v) is 11.3. The van der Waals surface area contributed by atoms with Crippen molar-refractivity contribution in [3.8, 4) is 0 Å². The van der Waals surface area contributed by atoms with Crippen LogP contribution < -0.4 is 4.72 Å². The highest BCUT2D eigenvalue weighted by Gasteiger charge is 2.21. The average molecular weight is 407 g/mol. The van der Waals surface area contributed by atoms with Crippen molar-refractivity contribution in [2.24, 2.45) is 0 Å². The number of hydrogen-bond donors (Lipinski definition) is 1. The van der Waals surface area contributed by atoms with Crippen molar-refractivity contribution < 1.29 is 17.5 Å². The van der Waals surface area contributed by atoms with E-state index >= 15 is 0 Å². The summed E-state index contributed by atoms with van der Waals surface area (Å²) in [6, 6.07) is 15.8. The summed E-state index contributed by atoms with van der Waals surface area (Å²) in [4.78, 5) is 2.37. The van der Waals surface area contributed by atoms with Gasteiger partial charge in [-0.2, -0.15) is 0 Å². The van der Waals surface area contributed by atoms with Gasteiger partial charge in [0.25, 0.3) is 0 Å². The van der Waals surface area contributed by atoms with Gasteiger partial charge in [0.1, 0.15) is 5.82 Å². The Balaban J connectivity index is 1.35. The third-order valence-corrected chi connectivity index (χ3v) is 6.17. The smallest absolute Gasteiger partial charge is 0.215 e. The van der Waals surface area contributed by atoms with Gasteiger partial charge in [-0.05, 0) is 42.6 Å². The zero-order valence-electron chi connectivity index (χ0n) is 15.9. The van der Waals surface area contributed by atoms with Gasteiger partial charge >= 0.3 is 0 Å². The van der Waals surface area contributed by atoms with Crippen LogP contribution in [0.2, 0.25) is 0 Å². The molecule has 0 aliphatic carbocycles. The van der Waals surface area contributed by atoms with Crippen LogP contribution in [0.5, 0.6) is 0 Å². The van der Waals surface area contributed by atoms with E-state index in [2.05, 4.69) is 21.8 Å². The molecule has 1 fully saturated rings. The van der Waals surface area contributed by atoms with Gasteiger partial charge in [0.2, 0.25) is 10.0 Å². The molecule has 0 aromatic heterocycles. The number of sulfonamides is 1. The van der Waals surface area contributed by atoms with E-state index in [0.717, 1.165) is 32.5 Å². The molecule has 28 heavy (non-hydrogen) atoms. The molecule has 1 saturated heterocycles. The number of morpholine rings is 1. The first kappa shape index (κ1) is 20.9. The normalized spacial score (nSPS) is 18.2. The second kappa shape index (κ2) is 10.1. The minimum atomic E-state index is -3.40. The maximum Gasteiger partial charge on any atom is 0.215 e. The summed E-state index contributed by atoms with van der Waals surface area (Å²) < 4.78 is 45.6. The van der Waals surface area contributed by atoms with Crippen molar-refractivity contribution in [3.63, 3.8) is 0 Å². The summed E-state index contributed by atoms with van der Waals surface area (Å²) in [5.41, 5.74) is 1.77. The first-order valence-electron chi connectivity index (χ1n) is 9.62. The fourth-order valence-electron chi connectivity index (χ4n) is 3.31. The highest BCUT2D eigenvalue weighted by atomic mass is 32.2. The fraction of sp³-hybridized carbons (Fsp3) is 0.429. The van der Waals surface area contributed by atoms with Gasteiger partial charge in [0.15, 0.2) is 0 Å². The van der Waals surface area contributed by atoms with Gasteiger partial charge < -0.3 is 4.74 Å². The Morgan fingerprint density at radius 3 is 2.57 bits per heavy atom. The fourth-order valence-corrected chi connectivity index (χ4v) is 4.50. The van der Waals surface area contributed by atoms with Crippen LogP contribution in [0.3, 0.4) is 0 Å². The minimum Gasteiger partial charge on any atom is -0.371 e. The molecule has 0 radical (unpaired) electrons. The molecule has 1 aliphatic heterocycles. The van der Waals surface area contributed by atoms with Crippen molar-refractivity contribution in [1.29, 1.82) is 0 Å². The summed E-state index contributed by atoms with van der Waals surface area (Å²) in [5, 5.41) is 0. The lowest BCUT2D eigenvalue weighted by Crippen LogP contribution is -2.39. The average Bonchev–Trinajstić information content (AvgIpc) is 2.70. The lowest BCUT2D eigenvalue weighted by Gasteiger charge is -2.33. The molecule has 0 amide bonds. The minimum absolute atomic E-state index is 0.101. The molecule has 0 spiro atoms. The standard InChI is InChI=1S/C21H27FN2O3S/c22-20-10-8-18(9-11-20)17-28(25,26)23-12-4-5-13-24-14-15-27-21(16-24)19-6-2-1-3-7-19/h1-3,6-11,21,23H,4-5,12-17H2. The van der Waals surface area contributed by atoms with Crippen LogP contribution in [-0.2, 0) is 20.5 Å². The van der Waals surface area contributed by atoms with E-state index in [9.17, 15) is 12.8 Å². The zero-order valence-corrected chi connectivity index (χ0v) is 16.7. The van der Waals surface area contributed by atoms with Crippen LogP contribution in [0.1, 0.15) is 30.1 Å². The molecule has 2 aromatic rings. The lowest BCUT2D eigenvalue weighted by molar-refractivity contribution is -0.0303. The monoisotopic (exact) mass is 406 g/mol. The molecule has 1 aliphatic rings. The molecule has 152 valence electrons. The van der Waals surface area contributed by atoms with E-state index in [0.29, 0.717) is 18.7 Å². The van der Waals surface area contributed by atoms with Crippen molar-refractivity contribution in [2.75, 3.05) is 32.8 Å². The van der Waals surface area contributed by atoms with Gasteiger partial charge in [0.05, 0.1) is 18.5 Å². The summed E-state index contributed by atoms with van der Waals surface area (Å²) in [5.74, 6) is -0.498. The van der Waals surface area contributed by atoms with Crippen LogP contribution in [0.25, 0.3) is 0 Å². The van der Waals surface area contributed by atoms with Gasteiger partial charge in [-0.15, -0.1) is 0 Å². The second-order valence-corrected chi connectivity index (χ2v) is 8.86. The van der Waals surface area contributed by atoms with E-state index in [1.807, 2.05) is 18.2 Å². The quantitative estimate of drug-likeness (QED) is 0.650. The predicted molar refractivity (Wildman–Crippen MR) is 108 cm³/mol. The van der Waals surface area contributed by atoms with Crippen molar-refractivity contribution in [3.05, 3.63) is 71.5 Å².